The van der Waals surface area contributed by atoms with E-state index in [2.05, 4.69) is 23.8 Å². The van der Waals surface area contributed by atoms with E-state index in [9.17, 15) is 9.59 Å². The van der Waals surface area contributed by atoms with Crippen molar-refractivity contribution in [3.63, 3.8) is 0 Å². The smallest absolute Gasteiger partial charge is 0.407 e. The van der Waals surface area contributed by atoms with E-state index in [1.807, 2.05) is 20.8 Å². The molecule has 1 atom stereocenters. The van der Waals surface area contributed by atoms with E-state index in [0.29, 0.717) is 31.2 Å². The summed E-state index contributed by atoms with van der Waals surface area (Å²) in [5.41, 5.74) is -0.491. The average Bonchev–Trinajstić information content (AvgIpc) is 2.32. The quantitative estimate of drug-likeness (QED) is 0.676. The van der Waals surface area contributed by atoms with Gasteiger partial charge in [0.15, 0.2) is 0 Å². The molecule has 0 aromatic heterocycles. The highest BCUT2D eigenvalue weighted by atomic mass is 32.2. The first-order valence-electron chi connectivity index (χ1n) is 7.01. The molecule has 0 aromatic carbocycles. The molecule has 0 saturated carbocycles. The molecule has 0 saturated heterocycles. The maximum atomic E-state index is 11.5. The Morgan fingerprint density at radius 3 is 2.40 bits per heavy atom. The van der Waals surface area contributed by atoms with E-state index in [4.69, 9.17) is 4.74 Å². The number of ether oxygens (including phenoxy) is 1. The fraction of sp³-hybridized carbons (Fsp3) is 0.857. The third-order valence-electron chi connectivity index (χ3n) is 2.52. The maximum Gasteiger partial charge on any atom is 0.407 e. The number of thioether (sulfide) groups is 1. The number of rotatable bonds is 8. The summed E-state index contributed by atoms with van der Waals surface area (Å²) in [7, 11) is 0. The SMILES string of the molecule is CSC(C)CCNC(=O)CCCNC(=O)OC(C)(C)C. The van der Waals surface area contributed by atoms with Gasteiger partial charge in [-0.05, 0) is 39.9 Å². The molecular formula is C14H28N2O3S. The van der Waals surface area contributed by atoms with E-state index in [-0.39, 0.29) is 5.91 Å². The molecule has 118 valence electrons. The summed E-state index contributed by atoms with van der Waals surface area (Å²) < 4.78 is 5.10. The summed E-state index contributed by atoms with van der Waals surface area (Å²) in [6.45, 7) is 8.74. The topological polar surface area (TPSA) is 67.4 Å². The standard InChI is InChI=1S/C14H28N2O3S/c1-11(20-5)8-10-15-12(17)7-6-9-16-13(18)19-14(2,3)4/h11H,6-10H2,1-5H3,(H,15,17)(H,16,18). The van der Waals surface area contributed by atoms with Crippen molar-refractivity contribution < 1.29 is 14.3 Å². The van der Waals surface area contributed by atoms with Gasteiger partial charge in [0, 0.05) is 24.8 Å². The summed E-state index contributed by atoms with van der Waals surface area (Å²) in [5, 5.41) is 6.07. The van der Waals surface area contributed by atoms with Crippen molar-refractivity contribution in [2.45, 2.75) is 57.8 Å². The van der Waals surface area contributed by atoms with Crippen LogP contribution in [0.2, 0.25) is 0 Å². The lowest BCUT2D eigenvalue weighted by molar-refractivity contribution is -0.121. The van der Waals surface area contributed by atoms with Gasteiger partial charge in [-0.2, -0.15) is 11.8 Å². The highest BCUT2D eigenvalue weighted by Crippen LogP contribution is 2.08. The number of carbonyl (C=O) groups excluding carboxylic acids is 2. The van der Waals surface area contributed by atoms with Crippen LogP contribution in [-0.4, -0.2) is 42.2 Å². The molecule has 0 bridgehead atoms. The van der Waals surface area contributed by atoms with Gasteiger partial charge in [0.2, 0.25) is 5.91 Å². The van der Waals surface area contributed by atoms with Gasteiger partial charge in [0.05, 0.1) is 0 Å². The summed E-state index contributed by atoms with van der Waals surface area (Å²) in [6, 6.07) is 0. The van der Waals surface area contributed by atoms with Crippen LogP contribution < -0.4 is 10.6 Å². The molecular weight excluding hydrogens is 276 g/mol. The van der Waals surface area contributed by atoms with E-state index in [1.165, 1.54) is 0 Å². The number of amides is 2. The van der Waals surface area contributed by atoms with Crippen LogP contribution in [0.5, 0.6) is 0 Å². The first kappa shape index (κ1) is 19.1. The third kappa shape index (κ3) is 12.1. The van der Waals surface area contributed by atoms with E-state index >= 15 is 0 Å². The summed E-state index contributed by atoms with van der Waals surface area (Å²) in [4.78, 5) is 22.9. The Bertz CT molecular complexity index is 303. The molecule has 2 N–H and O–H groups in total. The molecule has 0 aliphatic rings. The zero-order chi connectivity index (χ0) is 15.6. The van der Waals surface area contributed by atoms with Gasteiger partial charge in [-0.3, -0.25) is 4.79 Å². The number of hydrogen-bond acceptors (Lipinski definition) is 4. The Morgan fingerprint density at radius 2 is 1.85 bits per heavy atom. The minimum absolute atomic E-state index is 0.0318. The second kappa shape index (κ2) is 9.91. The molecule has 0 heterocycles. The van der Waals surface area contributed by atoms with E-state index in [0.717, 1.165) is 6.42 Å². The molecule has 20 heavy (non-hydrogen) atoms. The van der Waals surface area contributed by atoms with Gasteiger partial charge in [0.25, 0.3) is 0 Å². The Hall–Kier alpha value is -0.910. The zero-order valence-corrected chi connectivity index (χ0v) is 14.1. The molecule has 0 fully saturated rings. The molecule has 0 aromatic rings. The van der Waals surface area contributed by atoms with Crippen molar-refractivity contribution in [1.29, 1.82) is 0 Å². The second-order valence-electron chi connectivity index (χ2n) is 5.72. The van der Waals surface area contributed by atoms with Crippen LogP contribution in [0, 0.1) is 0 Å². The molecule has 0 aliphatic carbocycles. The second-order valence-corrected chi connectivity index (χ2v) is 6.99. The van der Waals surface area contributed by atoms with Crippen molar-refractivity contribution in [1.82, 2.24) is 10.6 Å². The third-order valence-corrected chi connectivity index (χ3v) is 3.56. The molecule has 6 heteroatoms. The van der Waals surface area contributed by atoms with Crippen molar-refractivity contribution in [3.8, 4) is 0 Å². The maximum absolute atomic E-state index is 11.5. The van der Waals surface area contributed by atoms with Gasteiger partial charge in [-0.25, -0.2) is 4.79 Å². The predicted molar refractivity (Wildman–Crippen MR) is 84.1 cm³/mol. The van der Waals surface area contributed by atoms with Gasteiger partial charge < -0.3 is 15.4 Å². The summed E-state index contributed by atoms with van der Waals surface area (Å²) >= 11 is 1.79. The minimum atomic E-state index is -0.491. The molecule has 2 amide bonds. The van der Waals surface area contributed by atoms with Crippen molar-refractivity contribution in [2.75, 3.05) is 19.3 Å². The Balaban J connectivity index is 3.55. The lowest BCUT2D eigenvalue weighted by Gasteiger charge is -2.19. The van der Waals surface area contributed by atoms with Crippen LogP contribution in [0.1, 0.15) is 47.0 Å². The van der Waals surface area contributed by atoms with Crippen LogP contribution in [-0.2, 0) is 9.53 Å². The highest BCUT2D eigenvalue weighted by Gasteiger charge is 2.15. The van der Waals surface area contributed by atoms with E-state index < -0.39 is 11.7 Å². The van der Waals surface area contributed by atoms with Crippen LogP contribution >= 0.6 is 11.8 Å². The van der Waals surface area contributed by atoms with Crippen LogP contribution in [0.15, 0.2) is 0 Å². The Kier molecular flexibility index (Phi) is 9.46. The molecule has 0 aliphatic heterocycles. The van der Waals surface area contributed by atoms with Crippen molar-refractivity contribution >= 4 is 23.8 Å². The van der Waals surface area contributed by atoms with Gasteiger partial charge in [-0.15, -0.1) is 0 Å². The first-order chi connectivity index (χ1) is 9.24. The number of nitrogens with one attached hydrogen (secondary N) is 2. The van der Waals surface area contributed by atoms with Crippen LogP contribution in [0.25, 0.3) is 0 Å². The predicted octanol–water partition coefficient (Wildman–Crippen LogP) is 2.55. The molecule has 5 nitrogen and oxygen atoms in total. The lowest BCUT2D eigenvalue weighted by Crippen LogP contribution is -2.33. The fourth-order valence-corrected chi connectivity index (χ4v) is 1.73. The lowest BCUT2D eigenvalue weighted by atomic mass is 10.2. The Labute approximate surface area is 126 Å². The van der Waals surface area contributed by atoms with Gasteiger partial charge >= 0.3 is 6.09 Å². The van der Waals surface area contributed by atoms with Gasteiger partial charge in [0.1, 0.15) is 5.60 Å². The first-order valence-corrected chi connectivity index (χ1v) is 8.29. The largest absolute Gasteiger partial charge is 0.444 e. The van der Waals surface area contributed by atoms with Crippen molar-refractivity contribution in [3.05, 3.63) is 0 Å². The summed E-state index contributed by atoms with van der Waals surface area (Å²) in [6.07, 6.45) is 3.64. The number of carbonyl (C=O) groups is 2. The monoisotopic (exact) mass is 304 g/mol. The molecule has 0 radical (unpaired) electrons. The average molecular weight is 304 g/mol. The van der Waals surface area contributed by atoms with Crippen molar-refractivity contribution in [2.24, 2.45) is 0 Å². The minimum Gasteiger partial charge on any atom is -0.444 e. The normalized spacial score (nSPS) is 12.7. The molecule has 1 unspecified atom stereocenters. The number of hydrogen-bond donors (Lipinski definition) is 2. The van der Waals surface area contributed by atoms with Gasteiger partial charge in [-0.1, -0.05) is 6.92 Å². The molecule has 0 spiro atoms. The number of alkyl carbamates (subject to hydrolysis) is 1. The Morgan fingerprint density at radius 1 is 1.20 bits per heavy atom. The summed E-state index contributed by atoms with van der Waals surface area (Å²) in [5.74, 6) is 0.0318. The van der Waals surface area contributed by atoms with Crippen LogP contribution in [0.4, 0.5) is 4.79 Å². The highest BCUT2D eigenvalue weighted by molar-refractivity contribution is 7.99. The fourth-order valence-electron chi connectivity index (χ4n) is 1.37. The van der Waals surface area contributed by atoms with E-state index in [1.54, 1.807) is 11.8 Å². The zero-order valence-electron chi connectivity index (χ0n) is 13.2. The van der Waals surface area contributed by atoms with Crippen LogP contribution in [0.3, 0.4) is 0 Å². The molecule has 0 rings (SSSR count).